The molecule has 35 heavy (non-hydrogen) atoms. The first-order valence-electron chi connectivity index (χ1n) is 12.4. The highest BCUT2D eigenvalue weighted by atomic mass is 32.2. The van der Waals surface area contributed by atoms with E-state index in [0.717, 1.165) is 0 Å². The van der Waals surface area contributed by atoms with Crippen molar-refractivity contribution in [2.24, 2.45) is 0 Å². The van der Waals surface area contributed by atoms with Crippen LogP contribution in [0.1, 0.15) is 58.2 Å². The lowest BCUT2D eigenvalue weighted by Crippen LogP contribution is -2.10. The Bertz CT molecular complexity index is 1430. The van der Waals surface area contributed by atoms with Crippen LogP contribution in [-0.2, 0) is 10.8 Å². The Hall–Kier alpha value is -2.97. The van der Waals surface area contributed by atoms with E-state index in [1.807, 2.05) is 11.8 Å². The average Bonchev–Trinajstić information content (AvgIpc) is 3.13. The molecule has 1 nitrogen and oxygen atoms in total. The third-order valence-electron chi connectivity index (χ3n) is 6.85. The molecule has 0 saturated carbocycles. The van der Waals surface area contributed by atoms with Crippen molar-refractivity contribution in [3.05, 3.63) is 102 Å². The lowest BCUT2D eigenvalue weighted by Gasteiger charge is -2.19. The summed E-state index contributed by atoms with van der Waals surface area (Å²) in [5, 5.41) is 2.66. The van der Waals surface area contributed by atoms with Gasteiger partial charge in [-0.15, -0.1) is 0 Å². The van der Waals surface area contributed by atoms with Gasteiger partial charge in [0.25, 0.3) is 0 Å². The third-order valence-corrected chi connectivity index (χ3v) is 7.86. The van der Waals surface area contributed by atoms with Gasteiger partial charge in [0.1, 0.15) is 0 Å². The van der Waals surface area contributed by atoms with Gasteiger partial charge in [0.2, 0.25) is 0 Å². The maximum atomic E-state index is 2.42. The van der Waals surface area contributed by atoms with Crippen LogP contribution in [0.2, 0.25) is 0 Å². The van der Waals surface area contributed by atoms with E-state index >= 15 is 0 Å². The van der Waals surface area contributed by atoms with Gasteiger partial charge in [-0.25, -0.2) is 0 Å². The van der Waals surface area contributed by atoms with Gasteiger partial charge in [0, 0.05) is 26.3 Å². The van der Waals surface area contributed by atoms with Crippen molar-refractivity contribution in [3.63, 3.8) is 0 Å². The van der Waals surface area contributed by atoms with E-state index in [1.165, 1.54) is 54.0 Å². The van der Waals surface area contributed by atoms with E-state index in [9.17, 15) is 0 Å². The molecular formula is C33H35NS. The molecule has 5 aromatic rings. The van der Waals surface area contributed by atoms with Crippen LogP contribution in [0.5, 0.6) is 0 Å². The topological polar surface area (TPSA) is 4.93 Å². The smallest absolute Gasteiger partial charge is 0.0541 e. The summed E-state index contributed by atoms with van der Waals surface area (Å²) in [4.78, 5) is 2.52. The van der Waals surface area contributed by atoms with Crippen molar-refractivity contribution < 1.29 is 0 Å². The number of rotatable bonds is 3. The zero-order valence-corrected chi connectivity index (χ0v) is 22.8. The predicted octanol–water partition coefficient (Wildman–Crippen LogP) is 9.84. The summed E-state index contributed by atoms with van der Waals surface area (Å²) in [6.07, 6.45) is 0. The fourth-order valence-corrected chi connectivity index (χ4v) is 5.46. The Morgan fingerprint density at radius 1 is 0.543 bits per heavy atom. The first-order chi connectivity index (χ1) is 16.5. The van der Waals surface area contributed by atoms with E-state index in [0.29, 0.717) is 0 Å². The van der Waals surface area contributed by atoms with Crippen LogP contribution < -0.4 is 0 Å². The minimum absolute atomic E-state index is 0.110. The van der Waals surface area contributed by atoms with Gasteiger partial charge in [-0.3, -0.25) is 0 Å². The second-order valence-corrected chi connectivity index (χ2v) is 12.9. The number of aryl methyl sites for hydroxylation is 1. The van der Waals surface area contributed by atoms with Gasteiger partial charge in [-0.2, -0.15) is 0 Å². The fraction of sp³-hybridized carbons (Fsp3) is 0.273. The summed E-state index contributed by atoms with van der Waals surface area (Å²) in [7, 11) is 0. The van der Waals surface area contributed by atoms with Crippen molar-refractivity contribution in [3.8, 4) is 5.69 Å². The molecule has 0 saturated heterocycles. The monoisotopic (exact) mass is 477 g/mol. The summed E-state index contributed by atoms with van der Waals surface area (Å²) in [6.45, 7) is 15.9. The van der Waals surface area contributed by atoms with Gasteiger partial charge < -0.3 is 4.57 Å². The standard InChI is InChI=1S/C33H35NS/c1-22-8-14-26(15-9-22)35-27-16-12-25(13-17-27)34-30-18-10-23(32(2,3)4)20-28(30)29-21-24(33(5,6)7)11-19-31(29)34/h8-21H,1-7H3. The quantitative estimate of drug-likeness (QED) is 0.250. The van der Waals surface area contributed by atoms with E-state index in [4.69, 9.17) is 0 Å². The zero-order valence-electron chi connectivity index (χ0n) is 21.9. The Morgan fingerprint density at radius 2 is 0.971 bits per heavy atom. The van der Waals surface area contributed by atoms with Crippen molar-refractivity contribution in [1.29, 1.82) is 0 Å². The Balaban J connectivity index is 1.65. The number of hydrogen-bond donors (Lipinski definition) is 0. The molecule has 1 heterocycles. The van der Waals surface area contributed by atoms with Gasteiger partial charge in [0.05, 0.1) is 11.0 Å². The third kappa shape index (κ3) is 4.65. The second-order valence-electron chi connectivity index (χ2n) is 11.7. The van der Waals surface area contributed by atoms with Gasteiger partial charge in [0.15, 0.2) is 0 Å². The Kier molecular flexibility index (Phi) is 5.84. The molecule has 1 aromatic heterocycles. The second kappa shape index (κ2) is 8.60. The fourth-order valence-electron chi connectivity index (χ4n) is 4.64. The van der Waals surface area contributed by atoms with Crippen molar-refractivity contribution in [1.82, 2.24) is 4.57 Å². The number of benzene rings is 4. The average molecular weight is 478 g/mol. The summed E-state index contributed by atoms with van der Waals surface area (Å²) < 4.78 is 2.42. The van der Waals surface area contributed by atoms with Crippen LogP contribution in [0.25, 0.3) is 27.5 Å². The van der Waals surface area contributed by atoms with E-state index < -0.39 is 0 Å². The van der Waals surface area contributed by atoms with Gasteiger partial charge in [-0.1, -0.05) is 83.1 Å². The molecule has 0 aliphatic rings. The van der Waals surface area contributed by atoms with Crippen LogP contribution in [0.15, 0.2) is 94.7 Å². The van der Waals surface area contributed by atoms with E-state index in [2.05, 4.69) is 138 Å². The lowest BCUT2D eigenvalue weighted by atomic mass is 9.85. The summed E-state index contributed by atoms with van der Waals surface area (Å²) in [5.41, 5.74) is 7.98. The molecule has 2 heteroatoms. The van der Waals surface area contributed by atoms with E-state index in [-0.39, 0.29) is 10.8 Å². The van der Waals surface area contributed by atoms with E-state index in [1.54, 1.807) is 0 Å². The number of fused-ring (bicyclic) bond motifs is 3. The largest absolute Gasteiger partial charge is 0.309 e. The SMILES string of the molecule is Cc1ccc(Sc2ccc(-n3c4ccc(C(C)(C)C)cc4c4cc(C(C)(C)C)ccc43)cc2)cc1. The highest BCUT2D eigenvalue weighted by Crippen LogP contribution is 2.38. The number of hydrogen-bond acceptors (Lipinski definition) is 1. The van der Waals surface area contributed by atoms with Crippen LogP contribution >= 0.6 is 11.8 Å². The predicted molar refractivity (Wildman–Crippen MR) is 153 cm³/mol. The summed E-state index contributed by atoms with van der Waals surface area (Å²) >= 11 is 1.81. The maximum absolute atomic E-state index is 2.42. The molecule has 0 unspecified atom stereocenters. The maximum Gasteiger partial charge on any atom is 0.0541 e. The van der Waals surface area contributed by atoms with Crippen molar-refractivity contribution in [2.75, 3.05) is 0 Å². The van der Waals surface area contributed by atoms with Crippen molar-refractivity contribution in [2.45, 2.75) is 69.1 Å². The molecule has 0 spiro atoms. The number of nitrogens with zero attached hydrogens (tertiary/aromatic N) is 1. The van der Waals surface area contributed by atoms with Crippen LogP contribution in [-0.4, -0.2) is 4.57 Å². The molecule has 0 aliphatic carbocycles. The Labute approximate surface area is 214 Å². The van der Waals surface area contributed by atoms with Crippen LogP contribution in [0.3, 0.4) is 0 Å². The van der Waals surface area contributed by atoms with Crippen LogP contribution in [0, 0.1) is 6.92 Å². The molecule has 4 aromatic carbocycles. The molecule has 0 radical (unpaired) electrons. The molecule has 0 fully saturated rings. The van der Waals surface area contributed by atoms with Crippen LogP contribution in [0.4, 0.5) is 0 Å². The zero-order chi connectivity index (χ0) is 25.0. The van der Waals surface area contributed by atoms with Gasteiger partial charge in [-0.05, 0) is 89.5 Å². The molecule has 5 rings (SSSR count). The molecule has 0 N–H and O–H groups in total. The molecule has 0 bridgehead atoms. The molecule has 0 amide bonds. The minimum atomic E-state index is 0.110. The van der Waals surface area contributed by atoms with Gasteiger partial charge >= 0.3 is 0 Å². The lowest BCUT2D eigenvalue weighted by molar-refractivity contribution is 0.590. The molecule has 178 valence electrons. The Morgan fingerprint density at radius 3 is 1.40 bits per heavy atom. The normalized spacial score (nSPS) is 12.5. The molecular weight excluding hydrogens is 442 g/mol. The highest BCUT2D eigenvalue weighted by Gasteiger charge is 2.20. The minimum Gasteiger partial charge on any atom is -0.309 e. The summed E-state index contributed by atoms with van der Waals surface area (Å²) in [5.74, 6) is 0. The highest BCUT2D eigenvalue weighted by molar-refractivity contribution is 7.99. The summed E-state index contributed by atoms with van der Waals surface area (Å²) in [6, 6.07) is 31.7. The number of aromatic nitrogens is 1. The first kappa shape index (κ1) is 23.8. The molecule has 0 atom stereocenters. The molecule has 0 aliphatic heterocycles. The van der Waals surface area contributed by atoms with Crippen molar-refractivity contribution >= 4 is 33.6 Å². The first-order valence-corrected chi connectivity index (χ1v) is 13.3.